The van der Waals surface area contributed by atoms with E-state index in [-0.39, 0.29) is 12.7 Å². The second-order valence-corrected chi connectivity index (χ2v) is 8.00. The largest absolute Gasteiger partial charge is 0.468 e. The van der Waals surface area contributed by atoms with Crippen LogP contribution in [0.3, 0.4) is 0 Å². The first-order chi connectivity index (χ1) is 13.8. The SMILES string of the molecule is O=C(c1cc(-c2ccc3c(c2)OCO3)n[nH]1)N1CCS[C@@H](c2ccco2)CC1. The van der Waals surface area contributed by atoms with Crippen LogP contribution in [0.15, 0.2) is 47.1 Å². The molecule has 1 amide bonds. The van der Waals surface area contributed by atoms with Crippen LogP contribution in [0.5, 0.6) is 11.5 Å². The lowest BCUT2D eigenvalue weighted by Gasteiger charge is -2.19. The van der Waals surface area contributed by atoms with Crippen LogP contribution in [0.25, 0.3) is 11.3 Å². The van der Waals surface area contributed by atoms with E-state index >= 15 is 0 Å². The molecular formula is C20H19N3O4S. The van der Waals surface area contributed by atoms with Crippen LogP contribution in [0.4, 0.5) is 0 Å². The van der Waals surface area contributed by atoms with E-state index in [1.165, 1.54) is 0 Å². The van der Waals surface area contributed by atoms with Gasteiger partial charge in [0.05, 0.1) is 17.2 Å². The van der Waals surface area contributed by atoms with Crippen molar-refractivity contribution in [3.8, 4) is 22.8 Å². The van der Waals surface area contributed by atoms with Gasteiger partial charge in [-0.25, -0.2) is 0 Å². The molecule has 1 N–H and O–H groups in total. The molecule has 4 heterocycles. The minimum absolute atomic E-state index is 0.0276. The van der Waals surface area contributed by atoms with Gasteiger partial charge in [0.1, 0.15) is 11.5 Å². The maximum absolute atomic E-state index is 13.0. The summed E-state index contributed by atoms with van der Waals surface area (Å²) in [6.45, 7) is 1.63. The number of carbonyl (C=O) groups is 1. The van der Waals surface area contributed by atoms with Gasteiger partial charge in [0.15, 0.2) is 11.5 Å². The van der Waals surface area contributed by atoms with Crippen LogP contribution in [0.1, 0.15) is 27.9 Å². The molecule has 1 saturated heterocycles. The summed E-state index contributed by atoms with van der Waals surface area (Å²) in [7, 11) is 0. The smallest absolute Gasteiger partial charge is 0.271 e. The number of hydrogen-bond donors (Lipinski definition) is 1. The molecule has 0 spiro atoms. The molecule has 0 radical (unpaired) electrons. The molecule has 0 unspecified atom stereocenters. The van der Waals surface area contributed by atoms with Crippen LogP contribution in [-0.4, -0.2) is 46.6 Å². The van der Waals surface area contributed by atoms with Gasteiger partial charge in [0, 0.05) is 24.4 Å². The summed E-state index contributed by atoms with van der Waals surface area (Å²) < 4.78 is 16.3. The number of aromatic nitrogens is 2. The number of nitrogens with zero attached hydrogens (tertiary/aromatic N) is 2. The van der Waals surface area contributed by atoms with Gasteiger partial charge >= 0.3 is 0 Å². The van der Waals surface area contributed by atoms with E-state index < -0.39 is 0 Å². The molecule has 2 aliphatic rings. The molecule has 1 aromatic carbocycles. The zero-order valence-electron chi connectivity index (χ0n) is 15.1. The molecule has 0 aliphatic carbocycles. The van der Waals surface area contributed by atoms with Gasteiger partial charge in [-0.05, 0) is 42.8 Å². The molecule has 1 fully saturated rings. The average molecular weight is 397 g/mol. The summed E-state index contributed by atoms with van der Waals surface area (Å²) in [4.78, 5) is 14.8. The summed E-state index contributed by atoms with van der Waals surface area (Å²) in [6.07, 6.45) is 2.57. The number of amides is 1. The van der Waals surface area contributed by atoms with Crippen molar-refractivity contribution in [2.24, 2.45) is 0 Å². The molecule has 0 bridgehead atoms. The zero-order valence-corrected chi connectivity index (χ0v) is 15.9. The second kappa shape index (κ2) is 7.27. The Labute approximate surface area is 166 Å². The Morgan fingerprint density at radius 1 is 1.18 bits per heavy atom. The number of thioether (sulfide) groups is 1. The van der Waals surface area contributed by atoms with Crippen LogP contribution < -0.4 is 9.47 Å². The highest BCUT2D eigenvalue weighted by Crippen LogP contribution is 2.36. The van der Waals surface area contributed by atoms with Gasteiger partial charge in [-0.1, -0.05) is 0 Å². The van der Waals surface area contributed by atoms with E-state index in [1.54, 1.807) is 12.3 Å². The van der Waals surface area contributed by atoms with Gasteiger partial charge in [-0.2, -0.15) is 5.10 Å². The Hall–Kier alpha value is -2.87. The minimum atomic E-state index is -0.0276. The van der Waals surface area contributed by atoms with Crippen LogP contribution in [0.2, 0.25) is 0 Å². The average Bonchev–Trinajstić information content (AvgIpc) is 3.46. The second-order valence-electron chi connectivity index (χ2n) is 6.69. The summed E-state index contributed by atoms with van der Waals surface area (Å²) in [5, 5.41) is 7.50. The Balaban J connectivity index is 1.29. The summed E-state index contributed by atoms with van der Waals surface area (Å²) in [5.41, 5.74) is 2.08. The first-order valence-electron chi connectivity index (χ1n) is 9.17. The molecule has 3 aromatic rings. The van der Waals surface area contributed by atoms with Crippen molar-refractivity contribution in [2.45, 2.75) is 11.7 Å². The lowest BCUT2D eigenvalue weighted by atomic mass is 10.1. The number of nitrogens with one attached hydrogen (secondary N) is 1. The normalized spacial score (nSPS) is 18.9. The molecular weight excluding hydrogens is 378 g/mol. The van der Waals surface area contributed by atoms with E-state index in [0.29, 0.717) is 35.5 Å². The molecule has 8 heteroatoms. The van der Waals surface area contributed by atoms with Crippen molar-refractivity contribution in [3.63, 3.8) is 0 Å². The molecule has 2 aliphatic heterocycles. The molecule has 28 heavy (non-hydrogen) atoms. The van der Waals surface area contributed by atoms with Gasteiger partial charge in [0.2, 0.25) is 6.79 Å². The summed E-state index contributed by atoms with van der Waals surface area (Å²) in [5.74, 6) is 3.25. The predicted molar refractivity (Wildman–Crippen MR) is 105 cm³/mol. The van der Waals surface area contributed by atoms with E-state index in [2.05, 4.69) is 10.2 Å². The van der Waals surface area contributed by atoms with E-state index in [4.69, 9.17) is 13.9 Å². The Kier molecular flexibility index (Phi) is 4.48. The predicted octanol–water partition coefficient (Wildman–Crippen LogP) is 3.72. The molecule has 1 atom stereocenters. The van der Waals surface area contributed by atoms with Crippen molar-refractivity contribution >= 4 is 17.7 Å². The quantitative estimate of drug-likeness (QED) is 0.726. The minimum Gasteiger partial charge on any atom is -0.468 e. The van der Waals surface area contributed by atoms with Gasteiger partial charge in [-0.3, -0.25) is 9.89 Å². The highest BCUT2D eigenvalue weighted by molar-refractivity contribution is 7.99. The third-order valence-corrected chi connectivity index (χ3v) is 6.25. The standard InChI is InChI=1S/C20H19N3O4S/c24-20(23-6-5-19(28-9-7-23)17-2-1-8-25-17)15-11-14(21-22-15)13-3-4-16-18(10-13)27-12-26-16/h1-4,8,10-11,19H,5-7,9,12H2,(H,21,22)/t19-/m1/s1. The van der Waals surface area contributed by atoms with Crippen LogP contribution in [0, 0.1) is 0 Å². The Morgan fingerprint density at radius 3 is 3.00 bits per heavy atom. The van der Waals surface area contributed by atoms with Gasteiger partial charge in [-0.15, -0.1) is 11.8 Å². The maximum Gasteiger partial charge on any atom is 0.271 e. The van der Waals surface area contributed by atoms with Gasteiger partial charge in [0.25, 0.3) is 5.91 Å². The number of furan rings is 1. The van der Waals surface area contributed by atoms with E-state index in [1.807, 2.05) is 47.0 Å². The van der Waals surface area contributed by atoms with Crippen molar-refractivity contribution in [3.05, 3.63) is 54.1 Å². The Morgan fingerprint density at radius 2 is 2.11 bits per heavy atom. The fourth-order valence-electron chi connectivity index (χ4n) is 3.48. The highest BCUT2D eigenvalue weighted by Gasteiger charge is 2.25. The lowest BCUT2D eigenvalue weighted by molar-refractivity contribution is 0.0760. The van der Waals surface area contributed by atoms with E-state index in [0.717, 1.165) is 29.2 Å². The number of ether oxygens (including phenoxy) is 2. The third kappa shape index (κ3) is 3.24. The van der Waals surface area contributed by atoms with Crippen molar-refractivity contribution in [1.82, 2.24) is 15.1 Å². The van der Waals surface area contributed by atoms with Crippen molar-refractivity contribution in [1.29, 1.82) is 0 Å². The molecule has 2 aromatic heterocycles. The Bertz CT molecular complexity index is 985. The number of benzene rings is 1. The first kappa shape index (κ1) is 17.2. The van der Waals surface area contributed by atoms with Gasteiger partial charge < -0.3 is 18.8 Å². The maximum atomic E-state index is 13.0. The topological polar surface area (TPSA) is 80.6 Å². The number of rotatable bonds is 3. The molecule has 0 saturated carbocycles. The fraction of sp³-hybridized carbons (Fsp3) is 0.300. The number of aromatic amines is 1. The summed E-state index contributed by atoms with van der Waals surface area (Å²) in [6, 6.07) is 11.3. The highest BCUT2D eigenvalue weighted by atomic mass is 32.2. The van der Waals surface area contributed by atoms with Crippen LogP contribution >= 0.6 is 11.8 Å². The van der Waals surface area contributed by atoms with E-state index in [9.17, 15) is 4.79 Å². The molecule has 5 rings (SSSR count). The number of carbonyl (C=O) groups excluding carboxylic acids is 1. The molecule has 144 valence electrons. The first-order valence-corrected chi connectivity index (χ1v) is 10.2. The molecule has 7 nitrogen and oxygen atoms in total. The fourth-order valence-corrected chi connectivity index (χ4v) is 4.66. The lowest BCUT2D eigenvalue weighted by Crippen LogP contribution is -2.33. The van der Waals surface area contributed by atoms with Crippen molar-refractivity contribution < 1.29 is 18.7 Å². The number of H-pyrrole nitrogens is 1. The van der Waals surface area contributed by atoms with Crippen LogP contribution in [-0.2, 0) is 0 Å². The van der Waals surface area contributed by atoms with Crippen molar-refractivity contribution in [2.75, 3.05) is 25.6 Å². The number of hydrogen-bond acceptors (Lipinski definition) is 6. The zero-order chi connectivity index (χ0) is 18.9. The third-order valence-electron chi connectivity index (χ3n) is 4.97. The number of fused-ring (bicyclic) bond motifs is 1. The summed E-state index contributed by atoms with van der Waals surface area (Å²) >= 11 is 1.83. The monoisotopic (exact) mass is 397 g/mol.